The van der Waals surface area contributed by atoms with Crippen LogP contribution in [0.4, 0.5) is 0 Å². The molecule has 1 saturated carbocycles. The van der Waals surface area contributed by atoms with Crippen molar-refractivity contribution >= 4 is 15.9 Å². The van der Waals surface area contributed by atoms with Gasteiger partial charge in [-0.25, -0.2) is 0 Å². The summed E-state index contributed by atoms with van der Waals surface area (Å²) in [7, 11) is 0. The normalized spacial score (nSPS) is 23.1. The molecule has 1 saturated heterocycles. The second-order valence-corrected chi connectivity index (χ2v) is 7.51. The second-order valence-electron chi connectivity index (χ2n) is 6.65. The third-order valence-corrected chi connectivity index (χ3v) is 5.80. The standard InChI is InChI=1S/C18H27BrN2/c1-14-7-8-16(17(19)13-14)18(15-5-3-2-4-6-15)21-11-9-20-10-12-21/h7-8,13,15,18,20H,2-6,9-12H2,1H3/t18-/m0/s1. The molecule has 0 aromatic heterocycles. The third-order valence-electron chi connectivity index (χ3n) is 5.12. The van der Waals surface area contributed by atoms with Crippen LogP contribution in [0.5, 0.6) is 0 Å². The minimum absolute atomic E-state index is 0.599. The molecule has 1 heterocycles. The Kier molecular flexibility index (Phi) is 5.36. The van der Waals surface area contributed by atoms with Gasteiger partial charge in [-0.2, -0.15) is 0 Å². The molecule has 0 amide bonds. The highest BCUT2D eigenvalue weighted by molar-refractivity contribution is 9.10. The Morgan fingerprint density at radius 2 is 1.86 bits per heavy atom. The van der Waals surface area contributed by atoms with Gasteiger partial charge in [-0.15, -0.1) is 0 Å². The lowest BCUT2D eigenvalue weighted by Crippen LogP contribution is -2.47. The molecule has 0 radical (unpaired) electrons. The number of piperazine rings is 1. The van der Waals surface area contributed by atoms with Gasteiger partial charge < -0.3 is 5.32 Å². The van der Waals surface area contributed by atoms with Gasteiger partial charge in [-0.1, -0.05) is 47.3 Å². The zero-order chi connectivity index (χ0) is 14.7. The summed E-state index contributed by atoms with van der Waals surface area (Å²) < 4.78 is 1.30. The van der Waals surface area contributed by atoms with Gasteiger partial charge >= 0.3 is 0 Å². The van der Waals surface area contributed by atoms with Gasteiger partial charge in [0.05, 0.1) is 0 Å². The predicted molar refractivity (Wildman–Crippen MR) is 92.6 cm³/mol. The summed E-state index contributed by atoms with van der Waals surface area (Å²) in [6.45, 7) is 6.80. The number of hydrogen-bond acceptors (Lipinski definition) is 2. The molecular weight excluding hydrogens is 324 g/mol. The Morgan fingerprint density at radius 3 is 2.52 bits per heavy atom. The van der Waals surface area contributed by atoms with E-state index in [1.54, 1.807) is 0 Å². The monoisotopic (exact) mass is 350 g/mol. The summed E-state index contributed by atoms with van der Waals surface area (Å²) in [6.07, 6.45) is 7.05. The lowest BCUT2D eigenvalue weighted by atomic mass is 9.80. The van der Waals surface area contributed by atoms with Gasteiger partial charge in [0.1, 0.15) is 0 Å². The van der Waals surface area contributed by atoms with Crippen molar-refractivity contribution in [1.29, 1.82) is 0 Å². The Hall–Kier alpha value is -0.380. The minimum atomic E-state index is 0.599. The highest BCUT2D eigenvalue weighted by atomic mass is 79.9. The molecule has 1 aliphatic heterocycles. The summed E-state index contributed by atoms with van der Waals surface area (Å²) >= 11 is 3.84. The summed E-state index contributed by atoms with van der Waals surface area (Å²) in [4.78, 5) is 2.72. The van der Waals surface area contributed by atoms with E-state index in [0.29, 0.717) is 6.04 Å². The average Bonchev–Trinajstić information content (AvgIpc) is 2.52. The van der Waals surface area contributed by atoms with Crippen molar-refractivity contribution in [3.8, 4) is 0 Å². The van der Waals surface area contributed by atoms with E-state index in [0.717, 1.165) is 19.0 Å². The van der Waals surface area contributed by atoms with Gasteiger partial charge in [-0.3, -0.25) is 4.90 Å². The smallest absolute Gasteiger partial charge is 0.0388 e. The molecule has 21 heavy (non-hydrogen) atoms. The number of aryl methyl sites for hydroxylation is 1. The van der Waals surface area contributed by atoms with Crippen molar-refractivity contribution in [2.24, 2.45) is 5.92 Å². The third kappa shape index (κ3) is 3.69. The van der Waals surface area contributed by atoms with Crippen molar-refractivity contribution in [1.82, 2.24) is 10.2 Å². The van der Waals surface area contributed by atoms with E-state index in [4.69, 9.17) is 0 Å². The second kappa shape index (κ2) is 7.26. The van der Waals surface area contributed by atoms with E-state index in [-0.39, 0.29) is 0 Å². The summed E-state index contributed by atoms with van der Waals surface area (Å²) in [6, 6.07) is 7.52. The number of benzene rings is 1. The van der Waals surface area contributed by atoms with Gasteiger partial charge in [0.2, 0.25) is 0 Å². The Bertz CT molecular complexity index is 444. The van der Waals surface area contributed by atoms with Gasteiger partial charge in [0.25, 0.3) is 0 Å². The van der Waals surface area contributed by atoms with E-state index < -0.39 is 0 Å². The SMILES string of the molecule is Cc1ccc([C@H](C2CCCCC2)N2CCNCC2)c(Br)c1. The maximum absolute atomic E-state index is 3.84. The highest BCUT2D eigenvalue weighted by Gasteiger charge is 2.31. The maximum Gasteiger partial charge on any atom is 0.0388 e. The molecule has 1 aromatic carbocycles. The molecule has 1 N–H and O–H groups in total. The van der Waals surface area contributed by atoms with Crippen molar-refractivity contribution in [3.05, 3.63) is 33.8 Å². The van der Waals surface area contributed by atoms with Crippen LogP contribution >= 0.6 is 15.9 Å². The Morgan fingerprint density at radius 1 is 1.14 bits per heavy atom. The Balaban J connectivity index is 1.89. The van der Waals surface area contributed by atoms with Crippen LogP contribution in [0.25, 0.3) is 0 Å². The lowest BCUT2D eigenvalue weighted by Gasteiger charge is -2.41. The van der Waals surface area contributed by atoms with E-state index in [1.807, 2.05) is 0 Å². The molecule has 2 aliphatic rings. The molecule has 2 nitrogen and oxygen atoms in total. The molecule has 1 aromatic rings. The number of nitrogens with one attached hydrogen (secondary N) is 1. The molecule has 116 valence electrons. The highest BCUT2D eigenvalue weighted by Crippen LogP contribution is 2.41. The first kappa shape index (κ1) is 15.5. The fourth-order valence-corrected chi connectivity index (χ4v) is 4.76. The zero-order valence-corrected chi connectivity index (χ0v) is 14.7. The van der Waals surface area contributed by atoms with Crippen LogP contribution in [0.1, 0.15) is 49.3 Å². The molecule has 0 spiro atoms. The molecule has 3 rings (SSSR count). The van der Waals surface area contributed by atoms with E-state index in [1.165, 1.54) is 60.8 Å². The Labute approximate surface area is 137 Å². The van der Waals surface area contributed by atoms with E-state index in [9.17, 15) is 0 Å². The van der Waals surface area contributed by atoms with Gasteiger partial charge in [-0.05, 0) is 42.9 Å². The number of nitrogens with zero attached hydrogens (tertiary/aromatic N) is 1. The number of rotatable bonds is 3. The molecular formula is C18H27BrN2. The first-order valence-corrected chi connectivity index (χ1v) is 9.26. The molecule has 0 unspecified atom stereocenters. The van der Waals surface area contributed by atoms with E-state index in [2.05, 4.69) is 51.3 Å². The fraction of sp³-hybridized carbons (Fsp3) is 0.667. The van der Waals surface area contributed by atoms with Crippen LogP contribution in [0.15, 0.2) is 22.7 Å². The molecule has 1 aliphatic carbocycles. The average molecular weight is 351 g/mol. The van der Waals surface area contributed by atoms with Crippen molar-refractivity contribution in [3.63, 3.8) is 0 Å². The summed E-state index contributed by atoms with van der Waals surface area (Å²) in [5, 5.41) is 3.49. The minimum Gasteiger partial charge on any atom is -0.314 e. The van der Waals surface area contributed by atoms with Crippen LogP contribution in [-0.4, -0.2) is 31.1 Å². The zero-order valence-electron chi connectivity index (χ0n) is 13.1. The van der Waals surface area contributed by atoms with Crippen LogP contribution < -0.4 is 5.32 Å². The molecule has 0 bridgehead atoms. The first-order chi connectivity index (χ1) is 10.3. The summed E-state index contributed by atoms with van der Waals surface area (Å²) in [5.41, 5.74) is 2.85. The van der Waals surface area contributed by atoms with Crippen molar-refractivity contribution in [2.75, 3.05) is 26.2 Å². The van der Waals surface area contributed by atoms with Gasteiger partial charge in [0.15, 0.2) is 0 Å². The van der Waals surface area contributed by atoms with Gasteiger partial charge in [0, 0.05) is 36.7 Å². The van der Waals surface area contributed by atoms with Crippen LogP contribution in [0.3, 0.4) is 0 Å². The molecule has 3 heteroatoms. The topological polar surface area (TPSA) is 15.3 Å². The van der Waals surface area contributed by atoms with Crippen LogP contribution in [-0.2, 0) is 0 Å². The quantitative estimate of drug-likeness (QED) is 0.874. The number of halogens is 1. The summed E-state index contributed by atoms with van der Waals surface area (Å²) in [5.74, 6) is 0.829. The predicted octanol–water partition coefficient (Wildman–Crippen LogP) is 4.28. The largest absolute Gasteiger partial charge is 0.314 e. The fourth-order valence-electron chi connectivity index (χ4n) is 4.03. The first-order valence-electron chi connectivity index (χ1n) is 8.46. The number of hydrogen-bond donors (Lipinski definition) is 1. The van der Waals surface area contributed by atoms with E-state index >= 15 is 0 Å². The van der Waals surface area contributed by atoms with Crippen LogP contribution in [0, 0.1) is 12.8 Å². The molecule has 1 atom stereocenters. The van der Waals surface area contributed by atoms with Crippen LogP contribution in [0.2, 0.25) is 0 Å². The van der Waals surface area contributed by atoms with Crippen molar-refractivity contribution < 1.29 is 0 Å². The maximum atomic E-state index is 3.84. The van der Waals surface area contributed by atoms with Crippen molar-refractivity contribution in [2.45, 2.75) is 45.1 Å². The lowest BCUT2D eigenvalue weighted by molar-refractivity contribution is 0.103. The molecule has 2 fully saturated rings.